The molecule has 1 aliphatic rings. The lowest BCUT2D eigenvalue weighted by atomic mass is 9.92. The van der Waals surface area contributed by atoms with E-state index in [1.54, 1.807) is 11.8 Å². The number of benzene rings is 1. The lowest BCUT2D eigenvalue weighted by Crippen LogP contribution is -2.56. The van der Waals surface area contributed by atoms with E-state index in [0.717, 1.165) is 6.07 Å². The van der Waals surface area contributed by atoms with Crippen molar-refractivity contribution in [2.75, 3.05) is 11.5 Å². The van der Waals surface area contributed by atoms with Gasteiger partial charge in [0.15, 0.2) is 0 Å². The first-order valence-electron chi connectivity index (χ1n) is 6.03. The molecule has 1 amide bonds. The summed E-state index contributed by atoms with van der Waals surface area (Å²) in [7, 11) is 0. The maximum absolute atomic E-state index is 13.4. The SMILES string of the molecule is O=C(NC1(C(=O)O)CCSCC1)c1ccc(Br)c(F)c1. The predicted octanol–water partition coefficient (Wildman–Crippen LogP) is 2.67. The van der Waals surface area contributed by atoms with E-state index in [1.807, 2.05) is 0 Å². The quantitative estimate of drug-likeness (QED) is 0.868. The number of nitrogens with one attached hydrogen (secondary N) is 1. The van der Waals surface area contributed by atoms with Crippen LogP contribution in [-0.4, -0.2) is 34.0 Å². The number of carbonyl (C=O) groups is 2. The first-order chi connectivity index (χ1) is 9.44. The lowest BCUT2D eigenvalue weighted by molar-refractivity contribution is -0.144. The Bertz CT molecular complexity index is 546. The van der Waals surface area contributed by atoms with Crippen molar-refractivity contribution in [3.63, 3.8) is 0 Å². The zero-order valence-corrected chi connectivity index (χ0v) is 12.9. The zero-order chi connectivity index (χ0) is 14.8. The molecule has 0 spiro atoms. The molecule has 0 atom stereocenters. The van der Waals surface area contributed by atoms with Crippen LogP contribution in [0.1, 0.15) is 23.2 Å². The summed E-state index contributed by atoms with van der Waals surface area (Å²) in [5.41, 5.74) is -1.13. The molecule has 1 aromatic carbocycles. The van der Waals surface area contributed by atoms with Gasteiger partial charge in [-0.2, -0.15) is 11.8 Å². The van der Waals surface area contributed by atoms with Gasteiger partial charge in [0.2, 0.25) is 0 Å². The van der Waals surface area contributed by atoms with Crippen LogP contribution in [0.4, 0.5) is 4.39 Å². The molecule has 0 radical (unpaired) electrons. The molecule has 2 rings (SSSR count). The van der Waals surface area contributed by atoms with E-state index in [9.17, 15) is 19.1 Å². The summed E-state index contributed by atoms with van der Waals surface area (Å²) in [6.45, 7) is 0. The van der Waals surface area contributed by atoms with Crippen LogP contribution in [0.5, 0.6) is 0 Å². The van der Waals surface area contributed by atoms with Crippen molar-refractivity contribution >= 4 is 39.6 Å². The van der Waals surface area contributed by atoms with Gasteiger partial charge in [0.1, 0.15) is 11.4 Å². The second-order valence-electron chi connectivity index (χ2n) is 4.58. The summed E-state index contributed by atoms with van der Waals surface area (Å²) in [5.74, 6) is -0.793. The third-order valence-electron chi connectivity index (χ3n) is 3.29. The molecule has 7 heteroatoms. The molecular weight excluding hydrogens is 349 g/mol. The highest BCUT2D eigenvalue weighted by Crippen LogP contribution is 2.28. The lowest BCUT2D eigenvalue weighted by Gasteiger charge is -2.33. The number of hydrogen-bond acceptors (Lipinski definition) is 3. The van der Waals surface area contributed by atoms with E-state index in [4.69, 9.17) is 0 Å². The molecule has 1 aromatic rings. The first kappa shape index (κ1) is 15.3. The second kappa shape index (κ2) is 6.13. The fourth-order valence-electron chi connectivity index (χ4n) is 2.04. The summed E-state index contributed by atoms with van der Waals surface area (Å²) >= 11 is 4.67. The van der Waals surface area contributed by atoms with Crippen LogP contribution >= 0.6 is 27.7 Å². The topological polar surface area (TPSA) is 66.4 Å². The van der Waals surface area contributed by atoms with Crippen LogP contribution in [0.3, 0.4) is 0 Å². The average molecular weight is 362 g/mol. The molecule has 1 aliphatic heterocycles. The highest BCUT2D eigenvalue weighted by Gasteiger charge is 2.41. The van der Waals surface area contributed by atoms with Crippen molar-refractivity contribution in [3.05, 3.63) is 34.1 Å². The maximum Gasteiger partial charge on any atom is 0.329 e. The van der Waals surface area contributed by atoms with Gasteiger partial charge in [-0.3, -0.25) is 4.79 Å². The van der Waals surface area contributed by atoms with Gasteiger partial charge in [-0.05, 0) is 58.5 Å². The molecule has 0 saturated carbocycles. The minimum absolute atomic E-state index is 0.115. The minimum atomic E-state index is -1.24. The number of aliphatic carboxylic acids is 1. The van der Waals surface area contributed by atoms with Crippen molar-refractivity contribution in [1.29, 1.82) is 0 Å². The van der Waals surface area contributed by atoms with Crippen molar-refractivity contribution in [1.82, 2.24) is 5.32 Å². The average Bonchev–Trinajstić information content (AvgIpc) is 2.42. The first-order valence-corrected chi connectivity index (χ1v) is 7.98. The third-order valence-corrected chi connectivity index (χ3v) is 4.92. The van der Waals surface area contributed by atoms with Gasteiger partial charge in [-0.15, -0.1) is 0 Å². The Balaban J connectivity index is 2.20. The molecule has 4 nitrogen and oxygen atoms in total. The van der Waals surface area contributed by atoms with Gasteiger partial charge in [0.25, 0.3) is 5.91 Å². The highest BCUT2D eigenvalue weighted by atomic mass is 79.9. The molecule has 108 valence electrons. The van der Waals surface area contributed by atoms with E-state index in [1.165, 1.54) is 12.1 Å². The maximum atomic E-state index is 13.4. The van der Waals surface area contributed by atoms with Crippen molar-refractivity contribution in [2.45, 2.75) is 18.4 Å². The Morgan fingerprint density at radius 3 is 2.55 bits per heavy atom. The highest BCUT2D eigenvalue weighted by molar-refractivity contribution is 9.10. The summed E-state index contributed by atoms with van der Waals surface area (Å²) < 4.78 is 13.7. The van der Waals surface area contributed by atoms with Crippen molar-refractivity contribution in [2.24, 2.45) is 0 Å². The predicted molar refractivity (Wildman–Crippen MR) is 78.5 cm³/mol. The molecule has 0 bridgehead atoms. The third kappa shape index (κ3) is 3.15. The minimum Gasteiger partial charge on any atom is -0.480 e. The van der Waals surface area contributed by atoms with E-state index in [2.05, 4.69) is 21.2 Å². The fraction of sp³-hybridized carbons (Fsp3) is 0.385. The normalized spacial score (nSPS) is 17.5. The standard InChI is InChI=1S/C13H13BrFNO3S/c14-9-2-1-8(7-10(9)15)11(17)16-13(12(18)19)3-5-20-6-4-13/h1-2,7H,3-6H2,(H,16,17)(H,18,19). The van der Waals surface area contributed by atoms with Gasteiger partial charge in [0, 0.05) is 5.56 Å². The molecule has 0 aliphatic carbocycles. The summed E-state index contributed by atoms with van der Waals surface area (Å²) in [4.78, 5) is 23.6. The molecule has 1 heterocycles. The largest absolute Gasteiger partial charge is 0.480 e. The number of carboxylic acid groups (broad SMARTS) is 1. The molecule has 0 unspecified atom stereocenters. The monoisotopic (exact) mass is 361 g/mol. The molecular formula is C13H13BrFNO3S. The van der Waals surface area contributed by atoms with E-state index < -0.39 is 23.2 Å². The summed E-state index contributed by atoms with van der Waals surface area (Å²) in [5, 5.41) is 11.9. The number of amides is 1. The Kier molecular flexibility index (Phi) is 4.70. The van der Waals surface area contributed by atoms with Crippen LogP contribution in [0.15, 0.2) is 22.7 Å². The van der Waals surface area contributed by atoms with Gasteiger partial charge < -0.3 is 10.4 Å². The van der Waals surface area contributed by atoms with Gasteiger partial charge in [-0.1, -0.05) is 0 Å². The van der Waals surface area contributed by atoms with Crippen molar-refractivity contribution in [3.8, 4) is 0 Å². The number of carboxylic acids is 1. The molecule has 1 saturated heterocycles. The Hall–Kier alpha value is -1.08. The van der Waals surface area contributed by atoms with Crippen LogP contribution in [0.25, 0.3) is 0 Å². The van der Waals surface area contributed by atoms with E-state index in [0.29, 0.717) is 24.3 Å². The molecule has 1 fully saturated rings. The van der Waals surface area contributed by atoms with E-state index >= 15 is 0 Å². The van der Waals surface area contributed by atoms with Crippen molar-refractivity contribution < 1.29 is 19.1 Å². The number of halogens is 2. The van der Waals surface area contributed by atoms with Crippen LogP contribution in [-0.2, 0) is 4.79 Å². The number of thioether (sulfide) groups is 1. The zero-order valence-electron chi connectivity index (χ0n) is 10.5. The van der Waals surface area contributed by atoms with Crippen LogP contribution in [0, 0.1) is 5.82 Å². The number of hydrogen-bond donors (Lipinski definition) is 2. The fourth-order valence-corrected chi connectivity index (χ4v) is 3.48. The second-order valence-corrected chi connectivity index (χ2v) is 6.66. The molecule has 0 aromatic heterocycles. The number of carbonyl (C=O) groups excluding carboxylic acids is 1. The number of rotatable bonds is 3. The molecule has 20 heavy (non-hydrogen) atoms. The van der Waals surface area contributed by atoms with Crippen LogP contribution in [0.2, 0.25) is 0 Å². The van der Waals surface area contributed by atoms with E-state index in [-0.39, 0.29) is 10.0 Å². The van der Waals surface area contributed by atoms with Crippen LogP contribution < -0.4 is 5.32 Å². The van der Waals surface area contributed by atoms with Gasteiger partial charge in [-0.25, -0.2) is 9.18 Å². The van der Waals surface area contributed by atoms with Gasteiger partial charge in [0.05, 0.1) is 4.47 Å². The summed E-state index contributed by atoms with van der Waals surface area (Å²) in [6.07, 6.45) is 0.746. The smallest absolute Gasteiger partial charge is 0.329 e. The Morgan fingerprint density at radius 1 is 1.35 bits per heavy atom. The summed E-state index contributed by atoms with van der Waals surface area (Å²) in [6, 6.07) is 3.97. The molecule has 2 N–H and O–H groups in total. The van der Waals surface area contributed by atoms with Gasteiger partial charge >= 0.3 is 5.97 Å². The Morgan fingerprint density at radius 2 is 2.00 bits per heavy atom. The Labute approximate surface area is 128 Å².